The third kappa shape index (κ3) is 2.60. The van der Waals surface area contributed by atoms with Crippen molar-refractivity contribution in [2.45, 2.75) is 38.8 Å². The molecule has 0 bridgehead atoms. The standard InChI is InChI=1S/C12H20N2O3/c1-12(2,3)17-11(16)9-8-6-14-10(15)7(8)4-5-13-9/h7-9,13H,4-6H2,1-3H3,(H,14,15). The summed E-state index contributed by atoms with van der Waals surface area (Å²) in [7, 11) is 0. The molecule has 2 aliphatic rings. The van der Waals surface area contributed by atoms with Gasteiger partial charge in [0.1, 0.15) is 11.6 Å². The Morgan fingerprint density at radius 3 is 2.76 bits per heavy atom. The van der Waals surface area contributed by atoms with Gasteiger partial charge in [-0.1, -0.05) is 0 Å². The van der Waals surface area contributed by atoms with Gasteiger partial charge in [-0.2, -0.15) is 0 Å². The molecule has 2 aliphatic heterocycles. The summed E-state index contributed by atoms with van der Waals surface area (Å²) in [5.41, 5.74) is -0.484. The molecule has 2 rings (SSSR count). The lowest BCUT2D eigenvalue weighted by atomic mass is 9.83. The zero-order chi connectivity index (χ0) is 12.6. The first kappa shape index (κ1) is 12.4. The molecular weight excluding hydrogens is 220 g/mol. The van der Waals surface area contributed by atoms with Crippen LogP contribution in [0.15, 0.2) is 0 Å². The number of piperidine rings is 1. The molecule has 3 atom stereocenters. The number of esters is 1. The van der Waals surface area contributed by atoms with E-state index in [9.17, 15) is 9.59 Å². The molecule has 2 heterocycles. The van der Waals surface area contributed by atoms with Crippen LogP contribution in [-0.2, 0) is 14.3 Å². The number of rotatable bonds is 1. The van der Waals surface area contributed by atoms with E-state index in [0.717, 1.165) is 6.42 Å². The van der Waals surface area contributed by atoms with E-state index in [2.05, 4.69) is 10.6 Å². The molecule has 0 saturated carbocycles. The van der Waals surface area contributed by atoms with Gasteiger partial charge in [-0.25, -0.2) is 0 Å². The van der Waals surface area contributed by atoms with Gasteiger partial charge in [0.05, 0.1) is 0 Å². The highest BCUT2D eigenvalue weighted by Crippen LogP contribution is 2.29. The molecule has 2 N–H and O–H groups in total. The van der Waals surface area contributed by atoms with E-state index in [1.165, 1.54) is 0 Å². The Bertz CT molecular complexity index is 335. The Balaban J connectivity index is 2.05. The summed E-state index contributed by atoms with van der Waals surface area (Å²) in [6, 6.07) is -0.355. The minimum absolute atomic E-state index is 0.0334. The van der Waals surface area contributed by atoms with E-state index in [-0.39, 0.29) is 29.8 Å². The van der Waals surface area contributed by atoms with Crippen LogP contribution in [0.25, 0.3) is 0 Å². The first-order valence-electron chi connectivity index (χ1n) is 6.12. The van der Waals surface area contributed by atoms with Crippen molar-refractivity contribution in [2.24, 2.45) is 11.8 Å². The lowest BCUT2D eigenvalue weighted by Gasteiger charge is -2.33. The fraction of sp³-hybridized carbons (Fsp3) is 0.833. The molecular formula is C12H20N2O3. The molecule has 0 aromatic rings. The highest BCUT2D eigenvalue weighted by molar-refractivity contribution is 5.85. The zero-order valence-electron chi connectivity index (χ0n) is 10.6. The zero-order valence-corrected chi connectivity index (χ0v) is 10.6. The molecule has 2 saturated heterocycles. The summed E-state index contributed by atoms with van der Waals surface area (Å²) in [5, 5.41) is 5.99. The largest absolute Gasteiger partial charge is 0.459 e. The predicted octanol–water partition coefficient (Wildman–Crippen LogP) is 0.0522. The number of amides is 1. The first-order valence-corrected chi connectivity index (χ1v) is 6.12. The number of fused-ring (bicyclic) bond motifs is 1. The van der Waals surface area contributed by atoms with Crippen molar-refractivity contribution in [1.82, 2.24) is 10.6 Å². The Morgan fingerprint density at radius 2 is 2.12 bits per heavy atom. The van der Waals surface area contributed by atoms with Crippen molar-refractivity contribution in [3.8, 4) is 0 Å². The van der Waals surface area contributed by atoms with Gasteiger partial charge >= 0.3 is 5.97 Å². The van der Waals surface area contributed by atoms with Crippen LogP contribution >= 0.6 is 0 Å². The Hall–Kier alpha value is -1.10. The molecule has 96 valence electrons. The summed E-state index contributed by atoms with van der Waals surface area (Å²) in [6.07, 6.45) is 0.801. The van der Waals surface area contributed by atoms with Crippen molar-refractivity contribution in [3.05, 3.63) is 0 Å². The van der Waals surface area contributed by atoms with Crippen LogP contribution in [0.4, 0.5) is 0 Å². The van der Waals surface area contributed by atoms with Crippen molar-refractivity contribution in [3.63, 3.8) is 0 Å². The number of carbonyl (C=O) groups is 2. The fourth-order valence-corrected chi connectivity index (χ4v) is 2.55. The minimum Gasteiger partial charge on any atom is -0.459 e. The summed E-state index contributed by atoms with van der Waals surface area (Å²) in [6.45, 7) is 6.81. The second-order valence-electron chi connectivity index (χ2n) is 5.77. The summed E-state index contributed by atoms with van der Waals surface area (Å²) < 4.78 is 5.38. The quantitative estimate of drug-likeness (QED) is 0.636. The molecule has 0 spiro atoms. The first-order chi connectivity index (χ1) is 7.88. The van der Waals surface area contributed by atoms with Crippen LogP contribution in [0.3, 0.4) is 0 Å². The topological polar surface area (TPSA) is 67.4 Å². The summed E-state index contributed by atoms with van der Waals surface area (Å²) >= 11 is 0. The van der Waals surface area contributed by atoms with E-state index in [1.807, 2.05) is 20.8 Å². The second kappa shape index (κ2) is 4.29. The molecule has 5 nitrogen and oxygen atoms in total. The molecule has 0 aromatic heterocycles. The lowest BCUT2D eigenvalue weighted by Crippen LogP contribution is -2.52. The van der Waals surface area contributed by atoms with Gasteiger partial charge in [-0.15, -0.1) is 0 Å². The molecule has 0 radical (unpaired) electrons. The van der Waals surface area contributed by atoms with Crippen LogP contribution in [0.1, 0.15) is 27.2 Å². The van der Waals surface area contributed by atoms with Crippen LogP contribution in [0, 0.1) is 11.8 Å². The molecule has 1 amide bonds. The van der Waals surface area contributed by atoms with Crippen LogP contribution in [0.2, 0.25) is 0 Å². The van der Waals surface area contributed by atoms with Crippen molar-refractivity contribution in [1.29, 1.82) is 0 Å². The number of nitrogens with one attached hydrogen (secondary N) is 2. The molecule has 0 aromatic carbocycles. The van der Waals surface area contributed by atoms with Gasteiger partial charge in [0.25, 0.3) is 0 Å². The fourth-order valence-electron chi connectivity index (χ4n) is 2.55. The van der Waals surface area contributed by atoms with E-state index in [0.29, 0.717) is 13.1 Å². The number of ether oxygens (including phenoxy) is 1. The molecule has 5 heteroatoms. The molecule has 2 fully saturated rings. The van der Waals surface area contributed by atoms with E-state index >= 15 is 0 Å². The lowest BCUT2D eigenvalue weighted by molar-refractivity contribution is -0.160. The SMILES string of the molecule is CC(C)(C)OC(=O)C1NCCC2C(=O)NCC21. The van der Waals surface area contributed by atoms with Gasteiger partial charge in [0, 0.05) is 18.4 Å². The molecule has 17 heavy (non-hydrogen) atoms. The van der Waals surface area contributed by atoms with Crippen LogP contribution in [0.5, 0.6) is 0 Å². The summed E-state index contributed by atoms with van der Waals surface area (Å²) in [5.74, 6) is -0.173. The van der Waals surface area contributed by atoms with Crippen molar-refractivity contribution < 1.29 is 14.3 Å². The number of hydrogen-bond acceptors (Lipinski definition) is 4. The third-order valence-electron chi connectivity index (χ3n) is 3.27. The van der Waals surface area contributed by atoms with Gasteiger partial charge in [0.2, 0.25) is 5.91 Å². The maximum Gasteiger partial charge on any atom is 0.324 e. The highest BCUT2D eigenvalue weighted by atomic mass is 16.6. The summed E-state index contributed by atoms with van der Waals surface area (Å²) in [4.78, 5) is 23.6. The van der Waals surface area contributed by atoms with Crippen LogP contribution < -0.4 is 10.6 Å². The molecule has 3 unspecified atom stereocenters. The maximum absolute atomic E-state index is 12.0. The van der Waals surface area contributed by atoms with Crippen molar-refractivity contribution in [2.75, 3.05) is 13.1 Å². The Morgan fingerprint density at radius 1 is 1.41 bits per heavy atom. The van der Waals surface area contributed by atoms with Gasteiger partial charge in [-0.05, 0) is 33.7 Å². The third-order valence-corrected chi connectivity index (χ3v) is 3.27. The average Bonchev–Trinajstić information content (AvgIpc) is 2.58. The smallest absolute Gasteiger partial charge is 0.324 e. The second-order valence-corrected chi connectivity index (χ2v) is 5.77. The van der Waals surface area contributed by atoms with Crippen LogP contribution in [-0.4, -0.2) is 36.6 Å². The molecule has 0 aliphatic carbocycles. The normalized spacial score (nSPS) is 32.9. The Kier molecular flexibility index (Phi) is 3.12. The number of hydrogen-bond donors (Lipinski definition) is 2. The Labute approximate surface area is 101 Å². The average molecular weight is 240 g/mol. The van der Waals surface area contributed by atoms with Gasteiger partial charge in [-0.3, -0.25) is 9.59 Å². The predicted molar refractivity (Wildman–Crippen MR) is 62.2 cm³/mol. The maximum atomic E-state index is 12.0. The minimum atomic E-state index is -0.484. The van der Waals surface area contributed by atoms with E-state index < -0.39 is 5.60 Å². The van der Waals surface area contributed by atoms with Crippen molar-refractivity contribution >= 4 is 11.9 Å². The highest BCUT2D eigenvalue weighted by Gasteiger charge is 2.45. The van der Waals surface area contributed by atoms with E-state index in [4.69, 9.17) is 4.74 Å². The van der Waals surface area contributed by atoms with Gasteiger partial charge in [0.15, 0.2) is 0 Å². The number of carbonyl (C=O) groups excluding carboxylic acids is 2. The van der Waals surface area contributed by atoms with E-state index in [1.54, 1.807) is 0 Å². The monoisotopic (exact) mass is 240 g/mol. The van der Waals surface area contributed by atoms with Gasteiger partial charge < -0.3 is 15.4 Å².